The van der Waals surface area contributed by atoms with Gasteiger partial charge in [-0.2, -0.15) is 8.42 Å². The third-order valence-electron chi connectivity index (χ3n) is 1.88. The van der Waals surface area contributed by atoms with Gasteiger partial charge in [-0.15, -0.1) is 0 Å². The van der Waals surface area contributed by atoms with Crippen LogP contribution in [0.2, 0.25) is 0 Å². The summed E-state index contributed by atoms with van der Waals surface area (Å²) in [6.45, 7) is 4.68. The zero-order valence-electron chi connectivity index (χ0n) is 6.42. The maximum absolute atomic E-state index is 11.2. The highest BCUT2D eigenvalue weighted by Gasteiger charge is 2.34. The molecule has 1 heterocycles. The van der Waals surface area contributed by atoms with Crippen LogP contribution in [0, 0.1) is 0 Å². The molecule has 0 bridgehead atoms. The Morgan fingerprint density at radius 2 is 2.00 bits per heavy atom. The number of hydrogen-bond acceptors (Lipinski definition) is 2. The van der Waals surface area contributed by atoms with Crippen molar-refractivity contribution < 1.29 is 12.7 Å². The van der Waals surface area contributed by atoms with Crippen LogP contribution in [-0.2, 0) is 10.0 Å². The molecule has 0 aliphatic carbocycles. The summed E-state index contributed by atoms with van der Waals surface area (Å²) in [5.41, 5.74) is 0. The Hall–Kier alpha value is -0.0900. The van der Waals surface area contributed by atoms with Gasteiger partial charge in [0.05, 0.1) is 12.6 Å². The van der Waals surface area contributed by atoms with E-state index in [2.05, 4.69) is 0 Å². The summed E-state index contributed by atoms with van der Waals surface area (Å²) >= 11 is 0. The Kier molecular flexibility index (Phi) is 2.01. The minimum atomic E-state index is -2.77. The predicted molar refractivity (Wildman–Crippen MR) is 39.4 cm³/mol. The maximum Gasteiger partial charge on any atom is 0.295 e. The van der Waals surface area contributed by atoms with E-state index in [1.54, 1.807) is 0 Å². The van der Waals surface area contributed by atoms with Crippen molar-refractivity contribution in [1.29, 1.82) is 0 Å². The van der Waals surface area contributed by atoms with Gasteiger partial charge in [0.25, 0.3) is 10.0 Å². The Morgan fingerprint density at radius 3 is 2.20 bits per heavy atom. The van der Waals surface area contributed by atoms with E-state index in [1.807, 2.05) is 13.8 Å². The standard InChI is InChI=1S/C6H13NO2S/c1-6(2)7-4-3-5-10(7,8)9/h6H,3-5H2,1-2H3/p+1. The van der Waals surface area contributed by atoms with Gasteiger partial charge in [0.15, 0.2) is 0 Å². The molecule has 0 aromatic rings. The van der Waals surface area contributed by atoms with E-state index in [-0.39, 0.29) is 6.04 Å². The van der Waals surface area contributed by atoms with Gasteiger partial charge in [0, 0.05) is 6.42 Å². The molecule has 0 amide bonds. The van der Waals surface area contributed by atoms with Gasteiger partial charge >= 0.3 is 0 Å². The molecular weight excluding hydrogens is 150 g/mol. The van der Waals surface area contributed by atoms with E-state index in [0.29, 0.717) is 5.75 Å². The summed E-state index contributed by atoms with van der Waals surface area (Å²) in [6, 6.07) is 0.215. The van der Waals surface area contributed by atoms with Gasteiger partial charge in [-0.25, -0.2) is 4.31 Å². The van der Waals surface area contributed by atoms with Gasteiger partial charge in [-0.3, -0.25) is 0 Å². The van der Waals surface area contributed by atoms with Gasteiger partial charge in [-0.1, -0.05) is 0 Å². The Balaban J connectivity index is 2.79. The summed E-state index contributed by atoms with van der Waals surface area (Å²) in [4.78, 5) is 0. The summed E-state index contributed by atoms with van der Waals surface area (Å²) in [6.07, 6.45) is 0.829. The van der Waals surface area contributed by atoms with Crippen LogP contribution in [0.25, 0.3) is 0 Å². The van der Waals surface area contributed by atoms with E-state index in [1.165, 1.54) is 0 Å². The van der Waals surface area contributed by atoms with Crippen molar-refractivity contribution in [3.8, 4) is 0 Å². The van der Waals surface area contributed by atoms with E-state index in [9.17, 15) is 8.42 Å². The monoisotopic (exact) mass is 164 g/mol. The van der Waals surface area contributed by atoms with Gasteiger partial charge in [0.2, 0.25) is 0 Å². The van der Waals surface area contributed by atoms with Crippen LogP contribution in [0.3, 0.4) is 0 Å². The molecule has 0 aromatic heterocycles. The Bertz CT molecular complexity index is 208. The van der Waals surface area contributed by atoms with Crippen LogP contribution in [0.1, 0.15) is 20.3 Å². The molecule has 4 heteroatoms. The smallest absolute Gasteiger partial charge is 0.228 e. The van der Waals surface area contributed by atoms with Crippen molar-refractivity contribution in [1.82, 2.24) is 0 Å². The average Bonchev–Trinajstić information content (AvgIpc) is 2.08. The first-order valence-corrected chi connectivity index (χ1v) is 5.28. The van der Waals surface area contributed by atoms with Crippen molar-refractivity contribution in [2.75, 3.05) is 12.3 Å². The molecule has 1 atom stereocenters. The number of rotatable bonds is 1. The van der Waals surface area contributed by atoms with Crippen LogP contribution >= 0.6 is 0 Å². The zero-order valence-corrected chi connectivity index (χ0v) is 7.24. The third-order valence-corrected chi connectivity index (χ3v) is 4.18. The average molecular weight is 164 g/mol. The Labute approximate surface area is 62.1 Å². The van der Waals surface area contributed by atoms with E-state index < -0.39 is 10.0 Å². The fourth-order valence-corrected chi connectivity index (χ4v) is 3.33. The van der Waals surface area contributed by atoms with E-state index >= 15 is 0 Å². The first kappa shape index (κ1) is 8.01. The third kappa shape index (κ3) is 1.32. The lowest BCUT2D eigenvalue weighted by atomic mass is 10.4. The normalized spacial score (nSPS) is 31.3. The van der Waals surface area contributed by atoms with Crippen molar-refractivity contribution in [3.63, 3.8) is 0 Å². The van der Waals surface area contributed by atoms with Crippen LogP contribution in [0.15, 0.2) is 0 Å². The van der Waals surface area contributed by atoms with Gasteiger partial charge < -0.3 is 0 Å². The molecule has 1 fully saturated rings. The van der Waals surface area contributed by atoms with Gasteiger partial charge in [0.1, 0.15) is 5.75 Å². The number of quaternary nitrogens is 1. The van der Waals surface area contributed by atoms with Crippen LogP contribution in [0.4, 0.5) is 0 Å². The number of nitrogens with one attached hydrogen (secondary N) is 1. The second-order valence-corrected chi connectivity index (χ2v) is 5.21. The van der Waals surface area contributed by atoms with Crippen LogP contribution in [-0.4, -0.2) is 26.8 Å². The van der Waals surface area contributed by atoms with E-state index in [0.717, 1.165) is 17.3 Å². The minimum absolute atomic E-state index is 0.215. The minimum Gasteiger partial charge on any atom is -0.228 e. The molecule has 0 spiro atoms. The fraction of sp³-hybridized carbons (Fsp3) is 1.00. The molecule has 1 aliphatic heterocycles. The number of sulfonamides is 1. The molecule has 0 radical (unpaired) electrons. The molecule has 3 nitrogen and oxygen atoms in total. The SMILES string of the molecule is CC(C)[NH+]1CCCS1(=O)=O. The number of hydrogen-bond donors (Lipinski definition) is 1. The lowest BCUT2D eigenvalue weighted by Gasteiger charge is -2.14. The van der Waals surface area contributed by atoms with Crippen molar-refractivity contribution in [2.24, 2.45) is 0 Å². The van der Waals surface area contributed by atoms with Crippen molar-refractivity contribution in [3.05, 3.63) is 0 Å². The maximum atomic E-state index is 11.2. The van der Waals surface area contributed by atoms with Crippen LogP contribution in [0.5, 0.6) is 0 Å². The molecule has 1 saturated heterocycles. The largest absolute Gasteiger partial charge is 0.295 e. The molecule has 1 N–H and O–H groups in total. The molecular formula is C6H14NO2S+. The molecule has 1 aliphatic rings. The predicted octanol–water partition coefficient (Wildman–Crippen LogP) is -0.987. The first-order valence-electron chi connectivity index (χ1n) is 3.62. The summed E-state index contributed by atoms with van der Waals surface area (Å²) in [7, 11) is -2.77. The highest BCUT2D eigenvalue weighted by molar-refractivity contribution is 7.85. The molecule has 1 unspecified atom stereocenters. The van der Waals surface area contributed by atoms with Gasteiger partial charge in [-0.05, 0) is 13.8 Å². The molecule has 10 heavy (non-hydrogen) atoms. The zero-order chi connectivity index (χ0) is 7.78. The summed E-state index contributed by atoms with van der Waals surface area (Å²) in [5.74, 6) is 0.376. The summed E-state index contributed by atoms with van der Waals surface area (Å²) < 4.78 is 23.1. The lowest BCUT2D eigenvalue weighted by Crippen LogP contribution is -3.14. The fourth-order valence-electron chi connectivity index (χ4n) is 1.37. The Morgan fingerprint density at radius 1 is 1.40 bits per heavy atom. The first-order chi connectivity index (χ1) is 4.54. The lowest BCUT2D eigenvalue weighted by molar-refractivity contribution is -0.786. The second-order valence-electron chi connectivity index (χ2n) is 3.04. The van der Waals surface area contributed by atoms with Crippen molar-refractivity contribution >= 4 is 10.0 Å². The highest BCUT2D eigenvalue weighted by atomic mass is 32.2. The van der Waals surface area contributed by atoms with E-state index in [4.69, 9.17) is 0 Å². The molecule has 60 valence electrons. The molecule has 0 saturated carbocycles. The second kappa shape index (κ2) is 2.51. The molecule has 1 rings (SSSR count). The quantitative estimate of drug-likeness (QED) is 0.540. The van der Waals surface area contributed by atoms with Crippen molar-refractivity contribution in [2.45, 2.75) is 26.3 Å². The van der Waals surface area contributed by atoms with Crippen LogP contribution < -0.4 is 4.31 Å². The highest BCUT2D eigenvalue weighted by Crippen LogP contribution is 1.93. The summed E-state index contributed by atoms with van der Waals surface area (Å²) in [5, 5.41) is 0. The molecule has 0 aromatic carbocycles. The topological polar surface area (TPSA) is 38.6 Å².